The number of nitrogens with one attached hydrogen (secondary N) is 1. The third kappa shape index (κ3) is 9.78. The molecule has 7 nitrogen and oxygen atoms in total. The number of carbonyl (C=O) groups excluding carboxylic acids is 2. The molecule has 0 bridgehead atoms. The van der Waals surface area contributed by atoms with Crippen molar-refractivity contribution in [1.82, 2.24) is 10.2 Å². The summed E-state index contributed by atoms with van der Waals surface area (Å²) < 4.78 is 27.3. The van der Waals surface area contributed by atoms with Crippen LogP contribution in [0.3, 0.4) is 0 Å². The molecule has 40 heavy (non-hydrogen) atoms. The zero-order chi connectivity index (χ0) is 29.1. The van der Waals surface area contributed by atoms with Gasteiger partial charge in [0.1, 0.15) is 6.04 Å². The molecule has 9 heteroatoms. The Morgan fingerprint density at radius 1 is 0.875 bits per heavy atom. The molecule has 0 heterocycles. The van der Waals surface area contributed by atoms with Crippen molar-refractivity contribution in [2.75, 3.05) is 23.7 Å². The Hall–Kier alpha value is -3.17. The lowest BCUT2D eigenvalue weighted by Crippen LogP contribution is -2.51. The largest absolute Gasteiger partial charge is 0.354 e. The molecule has 2 amide bonds. The monoisotopic (exact) mass is 627 g/mol. The van der Waals surface area contributed by atoms with Gasteiger partial charge in [0.25, 0.3) is 0 Å². The van der Waals surface area contributed by atoms with Crippen molar-refractivity contribution in [3.63, 3.8) is 0 Å². The molecule has 0 unspecified atom stereocenters. The topological polar surface area (TPSA) is 86.8 Å². The smallest absolute Gasteiger partial charge is 0.243 e. The molecule has 0 aliphatic heterocycles. The van der Waals surface area contributed by atoms with Gasteiger partial charge in [-0.25, -0.2) is 8.42 Å². The van der Waals surface area contributed by atoms with Crippen LogP contribution in [0.15, 0.2) is 89.4 Å². The van der Waals surface area contributed by atoms with Crippen LogP contribution in [0.25, 0.3) is 0 Å². The number of hydrogen-bond acceptors (Lipinski definition) is 4. The number of rotatable bonds is 14. The van der Waals surface area contributed by atoms with E-state index >= 15 is 0 Å². The number of para-hydroxylation sites is 1. The molecule has 1 atom stereocenters. The van der Waals surface area contributed by atoms with E-state index in [0.717, 1.165) is 21.9 Å². The van der Waals surface area contributed by atoms with Crippen molar-refractivity contribution in [1.29, 1.82) is 0 Å². The zero-order valence-corrected chi connectivity index (χ0v) is 25.7. The Labute approximate surface area is 246 Å². The first-order chi connectivity index (χ1) is 19.0. The summed E-state index contributed by atoms with van der Waals surface area (Å²) in [6.45, 7) is 4.97. The van der Waals surface area contributed by atoms with E-state index < -0.39 is 16.1 Å². The summed E-state index contributed by atoms with van der Waals surface area (Å²) in [7, 11) is -3.53. The van der Waals surface area contributed by atoms with E-state index in [1.54, 1.807) is 29.2 Å². The normalized spacial score (nSPS) is 12.1. The summed E-state index contributed by atoms with van der Waals surface area (Å²) in [5.74, 6) is -0.146. The summed E-state index contributed by atoms with van der Waals surface area (Å²) in [5.41, 5.74) is 2.40. The minimum atomic E-state index is -3.53. The highest BCUT2D eigenvalue weighted by molar-refractivity contribution is 9.10. The van der Waals surface area contributed by atoms with Crippen LogP contribution in [-0.4, -0.2) is 50.5 Å². The van der Waals surface area contributed by atoms with Gasteiger partial charge < -0.3 is 10.2 Å². The number of sulfonamides is 1. The Balaban J connectivity index is 1.86. The molecule has 0 fully saturated rings. The van der Waals surface area contributed by atoms with Crippen LogP contribution in [0.4, 0.5) is 5.69 Å². The van der Waals surface area contributed by atoms with Gasteiger partial charge in [0.15, 0.2) is 0 Å². The fraction of sp³-hybridized carbons (Fsp3) is 0.355. The first kappa shape index (κ1) is 31.4. The highest BCUT2D eigenvalue weighted by Gasteiger charge is 2.30. The maximum Gasteiger partial charge on any atom is 0.243 e. The molecule has 3 rings (SSSR count). The Morgan fingerprint density at radius 2 is 1.48 bits per heavy atom. The van der Waals surface area contributed by atoms with Gasteiger partial charge in [0.2, 0.25) is 21.8 Å². The molecule has 0 aliphatic rings. The van der Waals surface area contributed by atoms with E-state index in [0.29, 0.717) is 25.1 Å². The molecular weight excluding hydrogens is 590 g/mol. The van der Waals surface area contributed by atoms with Crippen molar-refractivity contribution in [3.05, 3.63) is 101 Å². The van der Waals surface area contributed by atoms with Crippen molar-refractivity contribution in [2.24, 2.45) is 5.92 Å². The number of carbonyl (C=O) groups is 2. The quantitative estimate of drug-likeness (QED) is 0.259. The lowest BCUT2D eigenvalue weighted by atomic mass is 10.0. The van der Waals surface area contributed by atoms with E-state index in [9.17, 15) is 18.0 Å². The van der Waals surface area contributed by atoms with E-state index in [4.69, 9.17) is 0 Å². The molecule has 0 saturated heterocycles. The van der Waals surface area contributed by atoms with Crippen LogP contribution in [0.5, 0.6) is 0 Å². The molecular formula is C31H38BrN3O4S. The van der Waals surface area contributed by atoms with Crippen LogP contribution in [0, 0.1) is 5.92 Å². The molecule has 0 radical (unpaired) electrons. The highest BCUT2D eigenvalue weighted by atomic mass is 79.9. The van der Waals surface area contributed by atoms with E-state index in [1.165, 1.54) is 4.31 Å². The summed E-state index contributed by atoms with van der Waals surface area (Å²) in [5, 5.41) is 3.02. The third-order valence-corrected chi connectivity index (χ3v) is 8.14. The standard InChI is InChI=1S/C31H38BrN3O4S/c1-24(2)22-33-31(37)29(21-25-11-6-4-7-12-25)34(23-26-16-18-27(32)19-17-26)30(36)15-10-20-35(40(3,38)39)28-13-8-5-9-14-28/h4-9,11-14,16-19,24,29H,10,15,20-23H2,1-3H3,(H,33,37)/t29-/m1/s1. The second-order valence-corrected chi connectivity index (χ2v) is 13.1. The molecule has 0 saturated carbocycles. The summed E-state index contributed by atoms with van der Waals surface area (Å²) in [6, 6.07) is 25.5. The van der Waals surface area contributed by atoms with Gasteiger partial charge in [-0.05, 0) is 47.7 Å². The van der Waals surface area contributed by atoms with Crippen LogP contribution in [0.2, 0.25) is 0 Å². The number of hydrogen-bond donors (Lipinski definition) is 1. The maximum absolute atomic E-state index is 13.8. The molecule has 1 N–H and O–H groups in total. The third-order valence-electron chi connectivity index (χ3n) is 6.42. The van der Waals surface area contributed by atoms with E-state index in [-0.39, 0.29) is 37.2 Å². The Bertz CT molecular complexity index is 1330. The van der Waals surface area contributed by atoms with Gasteiger partial charge in [0, 0.05) is 36.9 Å². The van der Waals surface area contributed by atoms with E-state index in [1.807, 2.05) is 74.5 Å². The van der Waals surface area contributed by atoms with Crippen LogP contribution in [-0.2, 0) is 32.6 Å². The highest BCUT2D eigenvalue weighted by Crippen LogP contribution is 2.20. The SMILES string of the molecule is CC(C)CNC(=O)[C@@H](Cc1ccccc1)N(Cc1ccc(Br)cc1)C(=O)CCCN(c1ccccc1)S(C)(=O)=O. The minimum absolute atomic E-state index is 0.0954. The number of benzene rings is 3. The number of amides is 2. The Kier molecular flexibility index (Phi) is 11.8. The van der Waals surface area contributed by atoms with Crippen LogP contribution < -0.4 is 9.62 Å². The van der Waals surface area contributed by atoms with Crippen LogP contribution >= 0.6 is 15.9 Å². The molecule has 3 aromatic carbocycles. The average Bonchev–Trinajstić information content (AvgIpc) is 2.93. The van der Waals surface area contributed by atoms with Gasteiger partial charge in [-0.3, -0.25) is 13.9 Å². The molecule has 214 valence electrons. The van der Waals surface area contributed by atoms with Crippen molar-refractivity contribution in [3.8, 4) is 0 Å². The second kappa shape index (κ2) is 15.0. The minimum Gasteiger partial charge on any atom is -0.354 e. The maximum atomic E-state index is 13.8. The number of nitrogens with zero attached hydrogens (tertiary/aromatic N) is 2. The van der Waals surface area contributed by atoms with E-state index in [2.05, 4.69) is 21.2 Å². The lowest BCUT2D eigenvalue weighted by molar-refractivity contribution is -0.141. The first-order valence-electron chi connectivity index (χ1n) is 13.4. The summed E-state index contributed by atoms with van der Waals surface area (Å²) >= 11 is 3.46. The molecule has 3 aromatic rings. The fourth-order valence-electron chi connectivity index (χ4n) is 4.36. The van der Waals surface area contributed by atoms with Crippen molar-refractivity contribution < 1.29 is 18.0 Å². The van der Waals surface area contributed by atoms with Gasteiger partial charge in [-0.1, -0.05) is 90.4 Å². The molecule has 0 aliphatic carbocycles. The molecule has 0 aromatic heterocycles. The van der Waals surface area contributed by atoms with Crippen LogP contribution in [0.1, 0.15) is 37.8 Å². The first-order valence-corrected chi connectivity index (χ1v) is 16.1. The zero-order valence-electron chi connectivity index (χ0n) is 23.3. The van der Waals surface area contributed by atoms with Gasteiger partial charge in [-0.15, -0.1) is 0 Å². The number of halogens is 1. The summed E-state index contributed by atoms with van der Waals surface area (Å²) in [4.78, 5) is 29.0. The average molecular weight is 629 g/mol. The fourth-order valence-corrected chi connectivity index (χ4v) is 5.59. The second-order valence-electron chi connectivity index (χ2n) is 10.3. The summed E-state index contributed by atoms with van der Waals surface area (Å²) in [6.07, 6.45) is 1.94. The molecule has 0 spiro atoms. The van der Waals surface area contributed by atoms with Crippen molar-refractivity contribution >= 4 is 43.5 Å². The van der Waals surface area contributed by atoms with Crippen molar-refractivity contribution in [2.45, 2.75) is 45.7 Å². The van der Waals surface area contributed by atoms with Gasteiger partial charge >= 0.3 is 0 Å². The van der Waals surface area contributed by atoms with Gasteiger partial charge in [-0.2, -0.15) is 0 Å². The van der Waals surface area contributed by atoms with Gasteiger partial charge in [0.05, 0.1) is 11.9 Å². The Morgan fingerprint density at radius 3 is 2.05 bits per heavy atom. The lowest BCUT2D eigenvalue weighted by Gasteiger charge is -2.32. The predicted octanol–water partition coefficient (Wildman–Crippen LogP) is 5.41. The number of anilines is 1. The predicted molar refractivity (Wildman–Crippen MR) is 164 cm³/mol.